The van der Waals surface area contributed by atoms with Crippen molar-refractivity contribution in [3.63, 3.8) is 0 Å². The first-order valence-electron chi connectivity index (χ1n) is 5.72. The van der Waals surface area contributed by atoms with Gasteiger partial charge in [-0.2, -0.15) is 0 Å². The van der Waals surface area contributed by atoms with Crippen LogP contribution in [0.1, 0.15) is 22.3 Å². The Balaban J connectivity index is 2.14. The van der Waals surface area contributed by atoms with Gasteiger partial charge in [0.05, 0.1) is 0 Å². The van der Waals surface area contributed by atoms with E-state index >= 15 is 0 Å². The monoisotopic (exact) mass is 315 g/mol. The van der Waals surface area contributed by atoms with E-state index in [0.717, 1.165) is 35.1 Å². The second kappa shape index (κ2) is 5.40. The van der Waals surface area contributed by atoms with Crippen molar-refractivity contribution in [2.45, 2.75) is 13.3 Å². The smallest absolute Gasteiger partial charge is 0.253 e. The molecule has 1 atom stereocenters. The number of amides is 1. The molecule has 1 unspecified atom stereocenters. The molecular formula is C13H15BrClNO. The van der Waals surface area contributed by atoms with Gasteiger partial charge in [0, 0.05) is 29.0 Å². The lowest BCUT2D eigenvalue weighted by atomic mass is 10.1. The van der Waals surface area contributed by atoms with E-state index in [1.807, 2.05) is 30.0 Å². The lowest BCUT2D eigenvalue weighted by Crippen LogP contribution is -2.28. The van der Waals surface area contributed by atoms with Crippen molar-refractivity contribution < 1.29 is 4.79 Å². The molecule has 1 aliphatic rings. The quantitative estimate of drug-likeness (QED) is 0.765. The van der Waals surface area contributed by atoms with Gasteiger partial charge in [-0.3, -0.25) is 4.79 Å². The standard InChI is InChI=1S/C13H15BrClNO/c1-9-4-11(6-12(14)5-9)13(17)16-3-2-10(7-15)8-16/h4-6,10H,2-3,7-8H2,1H3. The molecule has 2 nitrogen and oxygen atoms in total. The summed E-state index contributed by atoms with van der Waals surface area (Å²) in [5.41, 5.74) is 1.85. The van der Waals surface area contributed by atoms with Gasteiger partial charge >= 0.3 is 0 Å². The lowest BCUT2D eigenvalue weighted by Gasteiger charge is -2.16. The van der Waals surface area contributed by atoms with E-state index in [9.17, 15) is 4.79 Å². The van der Waals surface area contributed by atoms with Crippen LogP contribution in [0.4, 0.5) is 0 Å². The van der Waals surface area contributed by atoms with E-state index in [1.165, 1.54) is 0 Å². The van der Waals surface area contributed by atoms with E-state index < -0.39 is 0 Å². The van der Waals surface area contributed by atoms with Crippen molar-refractivity contribution in [2.24, 2.45) is 5.92 Å². The first kappa shape index (κ1) is 12.9. The van der Waals surface area contributed by atoms with Crippen LogP contribution in [0.15, 0.2) is 22.7 Å². The Labute approximate surface area is 115 Å². The van der Waals surface area contributed by atoms with Gasteiger partial charge in [0.2, 0.25) is 0 Å². The topological polar surface area (TPSA) is 20.3 Å². The Bertz CT molecular complexity index is 415. The SMILES string of the molecule is Cc1cc(Br)cc(C(=O)N2CCC(CCl)C2)c1. The summed E-state index contributed by atoms with van der Waals surface area (Å²) in [6.45, 7) is 3.60. The predicted molar refractivity (Wildman–Crippen MR) is 73.6 cm³/mol. The fourth-order valence-electron chi connectivity index (χ4n) is 2.19. The van der Waals surface area contributed by atoms with Gasteiger partial charge in [0.25, 0.3) is 5.91 Å². The van der Waals surface area contributed by atoms with Gasteiger partial charge in [-0.25, -0.2) is 0 Å². The van der Waals surface area contributed by atoms with Crippen molar-refractivity contribution in [1.29, 1.82) is 0 Å². The van der Waals surface area contributed by atoms with E-state index in [0.29, 0.717) is 11.8 Å². The molecule has 0 spiro atoms. The van der Waals surface area contributed by atoms with Crippen LogP contribution >= 0.6 is 27.5 Å². The van der Waals surface area contributed by atoms with Gasteiger partial charge in [-0.1, -0.05) is 15.9 Å². The minimum Gasteiger partial charge on any atom is -0.338 e. The van der Waals surface area contributed by atoms with Gasteiger partial charge in [-0.05, 0) is 43.0 Å². The second-order valence-corrected chi connectivity index (χ2v) is 5.80. The van der Waals surface area contributed by atoms with Crippen LogP contribution in [0.2, 0.25) is 0 Å². The van der Waals surface area contributed by atoms with Crippen molar-refractivity contribution in [2.75, 3.05) is 19.0 Å². The Morgan fingerprint density at radius 2 is 2.29 bits per heavy atom. The summed E-state index contributed by atoms with van der Waals surface area (Å²) in [6.07, 6.45) is 1.02. The minimum absolute atomic E-state index is 0.113. The fourth-order valence-corrected chi connectivity index (χ4v) is 3.05. The van der Waals surface area contributed by atoms with Crippen molar-refractivity contribution in [3.05, 3.63) is 33.8 Å². The van der Waals surface area contributed by atoms with Crippen LogP contribution in [-0.4, -0.2) is 29.8 Å². The van der Waals surface area contributed by atoms with Crippen LogP contribution in [0.3, 0.4) is 0 Å². The molecule has 1 heterocycles. The third kappa shape index (κ3) is 3.02. The average molecular weight is 317 g/mol. The third-order valence-electron chi connectivity index (χ3n) is 3.08. The Morgan fingerprint density at radius 1 is 1.53 bits per heavy atom. The number of rotatable bonds is 2. The van der Waals surface area contributed by atoms with E-state index in [2.05, 4.69) is 15.9 Å². The molecule has 1 fully saturated rings. The molecule has 0 aliphatic carbocycles. The molecule has 0 bridgehead atoms. The summed E-state index contributed by atoms with van der Waals surface area (Å²) >= 11 is 9.25. The molecule has 17 heavy (non-hydrogen) atoms. The van der Waals surface area contributed by atoms with E-state index in [1.54, 1.807) is 0 Å². The number of alkyl halides is 1. The first-order valence-corrected chi connectivity index (χ1v) is 7.05. The first-order chi connectivity index (χ1) is 8.10. The minimum atomic E-state index is 0.113. The van der Waals surface area contributed by atoms with Crippen LogP contribution in [0, 0.1) is 12.8 Å². The second-order valence-electron chi connectivity index (χ2n) is 4.58. The fraction of sp³-hybridized carbons (Fsp3) is 0.462. The number of benzene rings is 1. The zero-order chi connectivity index (χ0) is 12.4. The molecule has 0 saturated carbocycles. The van der Waals surface area contributed by atoms with Gasteiger partial charge in [-0.15, -0.1) is 11.6 Å². The molecule has 0 radical (unpaired) electrons. The number of aryl methyl sites for hydroxylation is 1. The summed E-state index contributed by atoms with van der Waals surface area (Å²) in [7, 11) is 0. The zero-order valence-corrected chi connectivity index (χ0v) is 12.1. The molecule has 1 aromatic carbocycles. The number of nitrogens with zero attached hydrogens (tertiary/aromatic N) is 1. The highest BCUT2D eigenvalue weighted by atomic mass is 79.9. The van der Waals surface area contributed by atoms with Gasteiger partial charge in [0.15, 0.2) is 0 Å². The average Bonchev–Trinajstić information content (AvgIpc) is 2.75. The molecule has 0 aromatic heterocycles. The Kier molecular flexibility index (Phi) is 4.10. The number of likely N-dealkylation sites (tertiary alicyclic amines) is 1. The Hall–Kier alpha value is -0.540. The largest absolute Gasteiger partial charge is 0.338 e. The molecule has 92 valence electrons. The molecular weight excluding hydrogens is 302 g/mol. The summed E-state index contributed by atoms with van der Waals surface area (Å²) in [6, 6.07) is 5.81. The van der Waals surface area contributed by atoms with Crippen LogP contribution in [0.25, 0.3) is 0 Å². The predicted octanol–water partition coefficient (Wildman–Crippen LogP) is 3.46. The number of hydrogen-bond acceptors (Lipinski definition) is 1. The summed E-state index contributed by atoms with van der Waals surface area (Å²) in [5.74, 6) is 1.21. The normalized spacial score (nSPS) is 19.7. The molecule has 1 saturated heterocycles. The van der Waals surface area contributed by atoms with Crippen molar-refractivity contribution >= 4 is 33.4 Å². The maximum Gasteiger partial charge on any atom is 0.253 e. The third-order valence-corrected chi connectivity index (χ3v) is 3.97. The van der Waals surface area contributed by atoms with Crippen LogP contribution in [-0.2, 0) is 0 Å². The highest BCUT2D eigenvalue weighted by Crippen LogP contribution is 2.22. The maximum atomic E-state index is 12.3. The van der Waals surface area contributed by atoms with E-state index in [4.69, 9.17) is 11.6 Å². The van der Waals surface area contributed by atoms with Gasteiger partial charge in [0.1, 0.15) is 0 Å². The molecule has 0 N–H and O–H groups in total. The molecule has 1 aromatic rings. The number of hydrogen-bond donors (Lipinski definition) is 0. The van der Waals surface area contributed by atoms with Gasteiger partial charge < -0.3 is 4.90 Å². The highest BCUT2D eigenvalue weighted by molar-refractivity contribution is 9.10. The van der Waals surface area contributed by atoms with Crippen molar-refractivity contribution in [1.82, 2.24) is 4.90 Å². The molecule has 1 aliphatic heterocycles. The molecule has 4 heteroatoms. The summed E-state index contributed by atoms with van der Waals surface area (Å²) in [5, 5.41) is 0. The highest BCUT2D eigenvalue weighted by Gasteiger charge is 2.26. The molecule has 2 rings (SSSR count). The Morgan fingerprint density at radius 3 is 2.88 bits per heavy atom. The lowest BCUT2D eigenvalue weighted by molar-refractivity contribution is 0.0788. The van der Waals surface area contributed by atoms with Crippen molar-refractivity contribution in [3.8, 4) is 0 Å². The van der Waals surface area contributed by atoms with Crippen LogP contribution < -0.4 is 0 Å². The molecule has 1 amide bonds. The number of halogens is 2. The maximum absolute atomic E-state index is 12.3. The summed E-state index contributed by atoms with van der Waals surface area (Å²) < 4.78 is 0.953. The summed E-state index contributed by atoms with van der Waals surface area (Å²) in [4.78, 5) is 14.2. The van der Waals surface area contributed by atoms with Crippen LogP contribution in [0.5, 0.6) is 0 Å². The number of carbonyl (C=O) groups excluding carboxylic acids is 1. The number of carbonyl (C=O) groups is 1. The van der Waals surface area contributed by atoms with E-state index in [-0.39, 0.29) is 5.91 Å². The zero-order valence-electron chi connectivity index (χ0n) is 9.75.